The lowest BCUT2D eigenvalue weighted by atomic mass is 10.2. The lowest BCUT2D eigenvalue weighted by molar-refractivity contribution is -0.122. The quantitative estimate of drug-likeness (QED) is 0.750. The van der Waals surface area contributed by atoms with Crippen LogP contribution in [0.15, 0.2) is 24.3 Å². The Hall–Kier alpha value is -2.37. The zero-order chi connectivity index (χ0) is 13.5. The fourth-order valence-corrected chi connectivity index (χ4v) is 1.30. The Bertz CT molecular complexity index is 471. The SMILES string of the molecule is COC(=O)c1cccc(NC(=O)CCC(N)=O)c1. The molecule has 0 heterocycles. The molecular weight excluding hydrogens is 236 g/mol. The number of rotatable bonds is 5. The molecule has 0 saturated carbocycles. The van der Waals surface area contributed by atoms with Crippen LogP contribution in [0, 0.1) is 0 Å². The van der Waals surface area contributed by atoms with Crippen molar-refractivity contribution in [3.05, 3.63) is 29.8 Å². The molecule has 0 radical (unpaired) electrons. The van der Waals surface area contributed by atoms with Crippen molar-refractivity contribution in [3.8, 4) is 0 Å². The van der Waals surface area contributed by atoms with Crippen LogP contribution in [-0.4, -0.2) is 24.9 Å². The predicted molar refractivity (Wildman–Crippen MR) is 64.8 cm³/mol. The van der Waals surface area contributed by atoms with Gasteiger partial charge in [0.2, 0.25) is 11.8 Å². The van der Waals surface area contributed by atoms with Crippen LogP contribution in [0.1, 0.15) is 23.2 Å². The lowest BCUT2D eigenvalue weighted by Crippen LogP contribution is -2.17. The molecule has 0 fully saturated rings. The van der Waals surface area contributed by atoms with Gasteiger partial charge < -0.3 is 15.8 Å². The third-order valence-electron chi connectivity index (χ3n) is 2.17. The molecule has 18 heavy (non-hydrogen) atoms. The molecule has 1 rings (SSSR count). The van der Waals surface area contributed by atoms with E-state index in [2.05, 4.69) is 10.1 Å². The molecule has 3 N–H and O–H groups in total. The monoisotopic (exact) mass is 250 g/mol. The molecular formula is C12H14N2O4. The Labute approximate surface area is 104 Å². The summed E-state index contributed by atoms with van der Waals surface area (Å²) in [4.78, 5) is 33.2. The van der Waals surface area contributed by atoms with Crippen LogP contribution < -0.4 is 11.1 Å². The fourth-order valence-electron chi connectivity index (χ4n) is 1.30. The molecule has 0 unspecified atom stereocenters. The van der Waals surface area contributed by atoms with Crippen LogP contribution in [0.4, 0.5) is 5.69 Å². The maximum atomic E-state index is 11.4. The third-order valence-corrected chi connectivity index (χ3v) is 2.17. The van der Waals surface area contributed by atoms with Crippen molar-refractivity contribution in [2.45, 2.75) is 12.8 Å². The standard InChI is InChI=1S/C12H14N2O4/c1-18-12(17)8-3-2-4-9(7-8)14-11(16)6-5-10(13)15/h2-4,7H,5-6H2,1H3,(H2,13,15)(H,14,16). The molecule has 6 heteroatoms. The Morgan fingerprint density at radius 3 is 2.61 bits per heavy atom. The molecule has 0 aromatic heterocycles. The number of carbonyl (C=O) groups excluding carboxylic acids is 3. The first-order valence-electron chi connectivity index (χ1n) is 5.29. The topological polar surface area (TPSA) is 98.5 Å². The van der Waals surface area contributed by atoms with Crippen LogP contribution in [0.25, 0.3) is 0 Å². The number of ether oxygens (including phenoxy) is 1. The van der Waals surface area contributed by atoms with Crippen molar-refractivity contribution < 1.29 is 19.1 Å². The predicted octanol–water partition coefficient (Wildman–Crippen LogP) is 0.677. The largest absolute Gasteiger partial charge is 0.465 e. The van der Waals surface area contributed by atoms with Crippen LogP contribution >= 0.6 is 0 Å². The molecule has 2 amide bonds. The van der Waals surface area contributed by atoms with E-state index in [-0.39, 0.29) is 18.7 Å². The Kier molecular flexibility index (Phi) is 4.86. The van der Waals surface area contributed by atoms with Crippen LogP contribution in [0.5, 0.6) is 0 Å². The van der Waals surface area contributed by atoms with Gasteiger partial charge in [-0.3, -0.25) is 9.59 Å². The molecule has 1 aromatic carbocycles. The highest BCUT2D eigenvalue weighted by Gasteiger charge is 2.08. The number of hydrogen-bond donors (Lipinski definition) is 2. The number of methoxy groups -OCH3 is 1. The molecule has 96 valence electrons. The summed E-state index contributed by atoms with van der Waals surface area (Å²) in [6.45, 7) is 0. The van der Waals surface area contributed by atoms with E-state index >= 15 is 0 Å². The van der Waals surface area contributed by atoms with E-state index in [0.717, 1.165) is 0 Å². The van der Waals surface area contributed by atoms with Crippen LogP contribution in [-0.2, 0) is 14.3 Å². The van der Waals surface area contributed by atoms with E-state index in [1.165, 1.54) is 13.2 Å². The fraction of sp³-hybridized carbons (Fsp3) is 0.250. The van der Waals surface area contributed by atoms with Gasteiger partial charge in [-0.2, -0.15) is 0 Å². The molecule has 0 spiro atoms. The average molecular weight is 250 g/mol. The summed E-state index contributed by atoms with van der Waals surface area (Å²) in [5, 5.41) is 2.56. The summed E-state index contributed by atoms with van der Waals surface area (Å²) in [5.41, 5.74) is 5.74. The molecule has 0 aliphatic rings. The van der Waals surface area contributed by atoms with Crippen molar-refractivity contribution in [2.24, 2.45) is 5.73 Å². The van der Waals surface area contributed by atoms with Crippen molar-refractivity contribution in [1.82, 2.24) is 0 Å². The maximum absolute atomic E-state index is 11.4. The highest BCUT2D eigenvalue weighted by atomic mass is 16.5. The molecule has 0 atom stereocenters. The van der Waals surface area contributed by atoms with Gasteiger partial charge in [0, 0.05) is 18.5 Å². The molecule has 1 aromatic rings. The maximum Gasteiger partial charge on any atom is 0.337 e. The van der Waals surface area contributed by atoms with Crippen LogP contribution in [0.2, 0.25) is 0 Å². The van der Waals surface area contributed by atoms with Gasteiger partial charge in [0.25, 0.3) is 0 Å². The lowest BCUT2D eigenvalue weighted by Gasteiger charge is -2.06. The first-order chi connectivity index (χ1) is 8.52. The van der Waals surface area contributed by atoms with Crippen LogP contribution in [0.3, 0.4) is 0 Å². The highest BCUT2D eigenvalue weighted by molar-refractivity contribution is 5.95. The second-order valence-electron chi connectivity index (χ2n) is 3.59. The number of primary amides is 1. The Morgan fingerprint density at radius 1 is 1.28 bits per heavy atom. The van der Waals surface area contributed by atoms with Gasteiger partial charge in [0.1, 0.15) is 0 Å². The summed E-state index contributed by atoms with van der Waals surface area (Å²) < 4.78 is 4.56. The van der Waals surface area contributed by atoms with Gasteiger partial charge in [-0.05, 0) is 18.2 Å². The van der Waals surface area contributed by atoms with Gasteiger partial charge >= 0.3 is 5.97 Å². The second kappa shape index (κ2) is 6.39. The summed E-state index contributed by atoms with van der Waals surface area (Å²) >= 11 is 0. The molecule has 0 aliphatic heterocycles. The molecule has 0 aliphatic carbocycles. The zero-order valence-electron chi connectivity index (χ0n) is 9.93. The minimum atomic E-state index is -0.534. The summed E-state index contributed by atoms with van der Waals surface area (Å²) in [5.74, 6) is -1.35. The molecule has 6 nitrogen and oxygen atoms in total. The Balaban J connectivity index is 2.64. The minimum absolute atomic E-state index is 0.0114. The van der Waals surface area contributed by atoms with Gasteiger partial charge in [-0.1, -0.05) is 6.07 Å². The van der Waals surface area contributed by atoms with Crippen molar-refractivity contribution in [2.75, 3.05) is 12.4 Å². The summed E-state index contributed by atoms with van der Waals surface area (Å²) in [6.07, 6.45) is 0.000308. The number of benzene rings is 1. The van der Waals surface area contributed by atoms with Gasteiger partial charge in [-0.25, -0.2) is 4.79 Å². The zero-order valence-corrected chi connectivity index (χ0v) is 9.93. The number of carbonyl (C=O) groups is 3. The van der Waals surface area contributed by atoms with Gasteiger partial charge in [0.15, 0.2) is 0 Å². The van der Waals surface area contributed by atoms with Gasteiger partial charge in [-0.15, -0.1) is 0 Å². The van der Waals surface area contributed by atoms with E-state index in [1.54, 1.807) is 18.2 Å². The first-order valence-corrected chi connectivity index (χ1v) is 5.29. The summed E-state index contributed by atoms with van der Waals surface area (Å²) in [7, 11) is 1.28. The van der Waals surface area contributed by atoms with Crippen molar-refractivity contribution >= 4 is 23.5 Å². The molecule has 0 saturated heterocycles. The number of amides is 2. The second-order valence-corrected chi connectivity index (χ2v) is 3.59. The van der Waals surface area contributed by atoms with E-state index in [4.69, 9.17) is 5.73 Å². The first kappa shape index (κ1) is 13.7. The van der Waals surface area contributed by atoms with E-state index in [9.17, 15) is 14.4 Å². The number of hydrogen-bond acceptors (Lipinski definition) is 4. The Morgan fingerprint density at radius 2 is 2.00 bits per heavy atom. The molecule has 0 bridgehead atoms. The number of nitrogens with one attached hydrogen (secondary N) is 1. The highest BCUT2D eigenvalue weighted by Crippen LogP contribution is 2.12. The summed E-state index contributed by atoms with van der Waals surface area (Å²) in [6, 6.07) is 6.32. The minimum Gasteiger partial charge on any atom is -0.465 e. The van der Waals surface area contributed by atoms with Crippen molar-refractivity contribution in [1.29, 1.82) is 0 Å². The average Bonchev–Trinajstić information content (AvgIpc) is 2.35. The normalized spacial score (nSPS) is 9.61. The van der Waals surface area contributed by atoms with Gasteiger partial charge in [0.05, 0.1) is 12.7 Å². The van der Waals surface area contributed by atoms with E-state index < -0.39 is 11.9 Å². The number of anilines is 1. The van der Waals surface area contributed by atoms with Crippen molar-refractivity contribution in [3.63, 3.8) is 0 Å². The van der Waals surface area contributed by atoms with E-state index in [0.29, 0.717) is 11.3 Å². The number of nitrogens with two attached hydrogens (primary N) is 1. The smallest absolute Gasteiger partial charge is 0.337 e. The van der Waals surface area contributed by atoms with E-state index in [1.807, 2.05) is 0 Å². The third kappa shape index (κ3) is 4.25. The number of esters is 1.